The van der Waals surface area contributed by atoms with Gasteiger partial charge in [0.15, 0.2) is 18.9 Å². The Balaban J connectivity index is 1.32. The highest BCUT2D eigenvalue weighted by molar-refractivity contribution is 8.01. The Morgan fingerprint density at radius 2 is 1.84 bits per heavy atom. The van der Waals surface area contributed by atoms with Gasteiger partial charge in [0.1, 0.15) is 30.3 Å². The summed E-state index contributed by atoms with van der Waals surface area (Å²) in [7, 11) is 0. The fourth-order valence-electron chi connectivity index (χ4n) is 4.30. The van der Waals surface area contributed by atoms with Gasteiger partial charge >= 0.3 is 11.9 Å². The molecule has 1 fully saturated rings. The summed E-state index contributed by atoms with van der Waals surface area (Å²) in [4.78, 5) is 62.9. The fourth-order valence-corrected chi connectivity index (χ4v) is 8.06. The van der Waals surface area contributed by atoms with Crippen LogP contribution in [0.1, 0.15) is 5.56 Å². The third-order valence-electron chi connectivity index (χ3n) is 6.44. The largest absolute Gasteiger partial charge is 0.480 e. The minimum absolute atomic E-state index is 0.0215. The van der Waals surface area contributed by atoms with Crippen LogP contribution in [0.5, 0.6) is 0 Å². The van der Waals surface area contributed by atoms with E-state index in [2.05, 4.69) is 10.6 Å². The quantitative estimate of drug-likeness (QED) is 0.0839. The molecule has 3 heterocycles. The topological polar surface area (TPSA) is 177 Å². The standard InChI is InChI=1S/C28H26Cl2N4O8S3/c29-18-10-20(19(30)9-15(18)1-2-21(36)31-11-23(38)39)44-14-22(37)32-24-26(40)34-25(28(41)42)16(13-45-27(24)34)12-43-17-3-5-33(6-4-17)7-8-35/h1-6,9-10,24,27,35H,7-8,11-14H2,(H3-,31,32,36,37,38,39,41,42)/p+1/t24-,27+/m0/s1. The van der Waals surface area contributed by atoms with Crippen LogP contribution in [0.4, 0.5) is 0 Å². The first-order valence-corrected chi connectivity index (χ1v) is 17.0. The predicted octanol–water partition coefficient (Wildman–Crippen LogP) is 2.11. The molecule has 2 aromatic rings. The first-order chi connectivity index (χ1) is 21.5. The Morgan fingerprint density at radius 1 is 1.11 bits per heavy atom. The zero-order valence-corrected chi connectivity index (χ0v) is 27.2. The highest BCUT2D eigenvalue weighted by Crippen LogP contribution is 2.42. The van der Waals surface area contributed by atoms with Crippen molar-refractivity contribution < 1.29 is 43.9 Å². The lowest BCUT2D eigenvalue weighted by Gasteiger charge is -2.49. The number of aromatic nitrogens is 1. The summed E-state index contributed by atoms with van der Waals surface area (Å²) in [6, 6.07) is 5.89. The molecular weight excluding hydrogens is 687 g/mol. The van der Waals surface area contributed by atoms with Crippen LogP contribution in [0.3, 0.4) is 0 Å². The van der Waals surface area contributed by atoms with E-state index in [1.165, 1.54) is 46.6 Å². The van der Waals surface area contributed by atoms with Crippen LogP contribution >= 0.6 is 58.5 Å². The molecule has 0 aliphatic carbocycles. The summed E-state index contributed by atoms with van der Waals surface area (Å²) in [6.45, 7) is -0.0346. The van der Waals surface area contributed by atoms with E-state index in [1.807, 2.05) is 29.1 Å². The molecule has 1 saturated heterocycles. The third kappa shape index (κ3) is 8.95. The van der Waals surface area contributed by atoms with Gasteiger partial charge in [-0.25, -0.2) is 9.36 Å². The smallest absolute Gasteiger partial charge is 0.352 e. The molecule has 0 unspecified atom stereocenters. The Kier molecular flexibility index (Phi) is 12.2. The lowest BCUT2D eigenvalue weighted by Crippen LogP contribution is -2.70. The molecule has 12 nitrogen and oxygen atoms in total. The Morgan fingerprint density at radius 3 is 2.51 bits per heavy atom. The molecular formula is C28H27Cl2N4O8S3+. The number of aliphatic hydroxyl groups is 1. The molecule has 5 N–H and O–H groups in total. The van der Waals surface area contributed by atoms with E-state index in [9.17, 15) is 29.1 Å². The fraction of sp³-hybridized carbons (Fsp3) is 0.286. The molecule has 2 atom stereocenters. The van der Waals surface area contributed by atoms with Crippen molar-refractivity contribution in [2.45, 2.75) is 27.8 Å². The molecule has 45 heavy (non-hydrogen) atoms. The number of carbonyl (C=O) groups excluding carboxylic acids is 3. The summed E-state index contributed by atoms with van der Waals surface area (Å²) >= 11 is 16.6. The first kappa shape index (κ1) is 34.7. The van der Waals surface area contributed by atoms with Crippen LogP contribution in [0, 0.1) is 0 Å². The van der Waals surface area contributed by atoms with Crippen LogP contribution in [0.25, 0.3) is 6.08 Å². The molecule has 17 heteroatoms. The van der Waals surface area contributed by atoms with Crippen LogP contribution < -0.4 is 15.2 Å². The van der Waals surface area contributed by atoms with Gasteiger partial charge in [-0.2, -0.15) is 0 Å². The maximum atomic E-state index is 13.0. The molecule has 0 bridgehead atoms. The molecule has 1 aromatic heterocycles. The van der Waals surface area contributed by atoms with Crippen LogP contribution in [-0.2, 0) is 30.5 Å². The second-order valence-corrected chi connectivity index (χ2v) is 13.5. The number of benzene rings is 1. The van der Waals surface area contributed by atoms with Gasteiger partial charge in [0.2, 0.25) is 11.8 Å². The van der Waals surface area contributed by atoms with Crippen molar-refractivity contribution in [2.24, 2.45) is 0 Å². The number of carboxylic acids is 2. The van der Waals surface area contributed by atoms with E-state index in [-0.39, 0.29) is 28.1 Å². The molecule has 0 saturated carbocycles. The van der Waals surface area contributed by atoms with Gasteiger partial charge in [0.05, 0.1) is 10.8 Å². The number of nitrogens with one attached hydrogen (secondary N) is 2. The average molecular weight is 715 g/mol. The van der Waals surface area contributed by atoms with Crippen molar-refractivity contribution in [1.29, 1.82) is 0 Å². The number of carbonyl (C=O) groups is 5. The minimum atomic E-state index is -1.20. The zero-order valence-electron chi connectivity index (χ0n) is 23.3. The van der Waals surface area contributed by atoms with Crippen molar-refractivity contribution in [1.82, 2.24) is 15.5 Å². The number of pyridine rings is 1. The van der Waals surface area contributed by atoms with Gasteiger partial charge in [0, 0.05) is 44.5 Å². The van der Waals surface area contributed by atoms with Crippen LogP contribution in [-0.4, -0.2) is 91.7 Å². The average Bonchev–Trinajstić information content (AvgIpc) is 3.01. The van der Waals surface area contributed by atoms with Gasteiger partial charge in [-0.05, 0) is 29.3 Å². The predicted molar refractivity (Wildman–Crippen MR) is 171 cm³/mol. The number of carboxylic acid groups (broad SMARTS) is 2. The summed E-state index contributed by atoms with van der Waals surface area (Å²) in [5, 5.41) is 32.5. The normalized spacial score (nSPS) is 17.6. The van der Waals surface area contributed by atoms with E-state index in [4.69, 9.17) is 33.4 Å². The summed E-state index contributed by atoms with van der Waals surface area (Å²) in [5.41, 5.74) is 0.961. The van der Waals surface area contributed by atoms with E-state index in [0.29, 0.717) is 34.1 Å². The lowest BCUT2D eigenvalue weighted by molar-refractivity contribution is -0.698. The van der Waals surface area contributed by atoms with E-state index in [1.54, 1.807) is 0 Å². The first-order valence-electron chi connectivity index (χ1n) is 13.2. The highest BCUT2D eigenvalue weighted by atomic mass is 35.5. The number of nitrogens with zero attached hydrogens (tertiary/aromatic N) is 2. The summed E-state index contributed by atoms with van der Waals surface area (Å²) < 4.78 is 1.83. The molecule has 0 spiro atoms. The number of halogens is 2. The molecule has 3 amide bonds. The highest BCUT2D eigenvalue weighted by Gasteiger charge is 2.54. The lowest BCUT2D eigenvalue weighted by atomic mass is 10.0. The van der Waals surface area contributed by atoms with Crippen LogP contribution in [0.15, 0.2) is 63.8 Å². The monoisotopic (exact) mass is 713 g/mol. The number of hydrogen-bond donors (Lipinski definition) is 5. The molecule has 238 valence electrons. The van der Waals surface area contributed by atoms with Crippen molar-refractivity contribution >= 4 is 94.2 Å². The second kappa shape index (κ2) is 15.9. The van der Waals surface area contributed by atoms with Crippen molar-refractivity contribution in [3.63, 3.8) is 0 Å². The van der Waals surface area contributed by atoms with Crippen molar-refractivity contribution in [3.05, 3.63) is 69.6 Å². The Bertz CT molecular complexity index is 1570. The molecule has 4 rings (SSSR count). The van der Waals surface area contributed by atoms with Crippen molar-refractivity contribution in [3.8, 4) is 0 Å². The number of β-lactam (4-membered cyclic amide) rings is 1. The second-order valence-electron chi connectivity index (χ2n) is 9.53. The number of thioether (sulfide) groups is 3. The maximum absolute atomic E-state index is 13.0. The maximum Gasteiger partial charge on any atom is 0.352 e. The summed E-state index contributed by atoms with van der Waals surface area (Å²) in [5.74, 6) is -3.29. The number of fused-ring (bicyclic) bond motifs is 1. The van der Waals surface area contributed by atoms with E-state index in [0.717, 1.165) is 22.7 Å². The molecule has 2 aliphatic rings. The van der Waals surface area contributed by atoms with Gasteiger partial charge in [-0.3, -0.25) is 24.1 Å². The van der Waals surface area contributed by atoms with Crippen molar-refractivity contribution in [2.75, 3.05) is 30.4 Å². The van der Waals surface area contributed by atoms with Gasteiger partial charge < -0.3 is 26.0 Å². The molecule has 0 radical (unpaired) electrons. The molecule has 1 aromatic carbocycles. The summed E-state index contributed by atoms with van der Waals surface area (Å²) in [6.07, 6.45) is 6.15. The van der Waals surface area contributed by atoms with Gasteiger partial charge in [-0.1, -0.05) is 23.2 Å². The Hall–Kier alpha value is -3.21. The minimum Gasteiger partial charge on any atom is -0.480 e. The number of amides is 3. The van der Waals surface area contributed by atoms with Crippen LogP contribution in [0.2, 0.25) is 10.0 Å². The number of aliphatic hydroxyl groups excluding tert-OH is 1. The van der Waals surface area contributed by atoms with Gasteiger partial charge in [-0.15, -0.1) is 35.3 Å². The number of hydrogen-bond acceptors (Lipinski definition) is 9. The molecule has 2 aliphatic heterocycles. The number of rotatable bonds is 14. The van der Waals surface area contributed by atoms with E-state index < -0.39 is 47.6 Å². The van der Waals surface area contributed by atoms with E-state index >= 15 is 0 Å². The third-order valence-corrected chi connectivity index (χ3v) is 10.7. The Labute approximate surface area is 280 Å². The zero-order chi connectivity index (χ0) is 32.7. The van der Waals surface area contributed by atoms with Gasteiger partial charge in [0.25, 0.3) is 5.91 Å². The SMILES string of the molecule is O=C(O)CNC(=O)C=Cc1cc(Cl)c(SCC(=O)N[C@H]2C(=O)N3C(C(=O)O)=C(CSc4cc[n+](CCO)cc4)CS[C@H]23)cc1Cl. The number of aliphatic carboxylic acids is 2.